The third kappa shape index (κ3) is 10.0. The van der Waals surface area contributed by atoms with Crippen molar-refractivity contribution >= 4 is 69.4 Å². The number of benzene rings is 10. The monoisotopic (exact) mass is 1100 g/mol. The molecule has 416 valence electrons. The molecule has 0 aliphatic heterocycles. The molecule has 10 aromatic carbocycles. The van der Waals surface area contributed by atoms with Gasteiger partial charge in [0.25, 0.3) is 0 Å². The van der Waals surface area contributed by atoms with Crippen LogP contribution in [0.4, 0.5) is 51.2 Å². The molecule has 3 nitrogen and oxygen atoms in total. The molecule has 0 amide bonds. The summed E-state index contributed by atoms with van der Waals surface area (Å²) < 4.78 is 0. The number of allylic oxidation sites excluding steroid dienone is 3. The highest BCUT2D eigenvalue weighted by atomic mass is 15.2. The average molecular weight is 1100 g/mol. The van der Waals surface area contributed by atoms with Crippen LogP contribution in [0.3, 0.4) is 0 Å². The first-order valence-electron chi connectivity index (χ1n) is 31.6. The lowest BCUT2D eigenvalue weighted by molar-refractivity contribution is 0.602. The van der Waals surface area contributed by atoms with Crippen molar-refractivity contribution in [3.8, 4) is 22.3 Å². The van der Waals surface area contributed by atoms with Crippen molar-refractivity contribution in [1.29, 1.82) is 0 Å². The van der Waals surface area contributed by atoms with E-state index in [0.717, 1.165) is 51.2 Å². The second-order valence-electron chi connectivity index (χ2n) is 24.4. The van der Waals surface area contributed by atoms with Gasteiger partial charge in [0, 0.05) is 51.2 Å². The van der Waals surface area contributed by atoms with Crippen LogP contribution in [-0.2, 0) is 5.41 Å². The van der Waals surface area contributed by atoms with Crippen molar-refractivity contribution < 1.29 is 0 Å². The van der Waals surface area contributed by atoms with Crippen molar-refractivity contribution in [1.82, 2.24) is 0 Å². The molecule has 3 heteroatoms. The maximum Gasteiger partial charge on any atom is 0.0727 e. The van der Waals surface area contributed by atoms with Crippen molar-refractivity contribution in [2.45, 2.75) is 102 Å². The second-order valence-corrected chi connectivity index (χ2v) is 24.4. The van der Waals surface area contributed by atoms with Crippen LogP contribution in [-0.4, -0.2) is 0 Å². The van der Waals surface area contributed by atoms with Gasteiger partial charge >= 0.3 is 0 Å². The molecule has 0 saturated heterocycles. The van der Waals surface area contributed by atoms with Crippen LogP contribution in [0, 0.1) is 0 Å². The third-order valence-electron chi connectivity index (χ3n) is 19.0. The number of para-hydroxylation sites is 3. The second kappa shape index (κ2) is 23.1. The number of anilines is 9. The Morgan fingerprint density at radius 2 is 0.482 bits per heavy atom. The van der Waals surface area contributed by atoms with Crippen LogP contribution in [0.1, 0.15) is 135 Å². The van der Waals surface area contributed by atoms with Gasteiger partial charge in [-0.3, -0.25) is 0 Å². The average Bonchev–Trinajstić information content (AvgIpc) is 1.53. The highest BCUT2D eigenvalue weighted by Gasteiger charge is 2.52. The van der Waals surface area contributed by atoms with E-state index in [0.29, 0.717) is 0 Å². The van der Waals surface area contributed by atoms with E-state index in [-0.39, 0.29) is 0 Å². The molecule has 85 heavy (non-hydrogen) atoms. The zero-order valence-electron chi connectivity index (χ0n) is 48.8. The van der Waals surface area contributed by atoms with Crippen LogP contribution in [0.25, 0.3) is 40.5 Å². The first-order chi connectivity index (χ1) is 42.1. The van der Waals surface area contributed by atoms with Gasteiger partial charge in [-0.05, 0) is 247 Å². The molecular formula is C82H73N3. The van der Waals surface area contributed by atoms with E-state index in [1.165, 1.54) is 158 Å². The Morgan fingerprint density at radius 1 is 0.224 bits per heavy atom. The number of nitrogens with zero attached hydrogens (tertiary/aromatic N) is 3. The third-order valence-corrected chi connectivity index (χ3v) is 19.0. The van der Waals surface area contributed by atoms with E-state index in [4.69, 9.17) is 0 Å². The fraction of sp³-hybridized carbons (Fsp3) is 0.195. The lowest BCUT2D eigenvalue weighted by Crippen LogP contribution is -2.27. The molecule has 0 bridgehead atoms. The molecule has 0 N–H and O–H groups in total. The van der Waals surface area contributed by atoms with Gasteiger partial charge in [-0.2, -0.15) is 0 Å². The standard InChI is InChI=1S/C82H73N3/c1-7-21-59(22-8-1)53-62-35-41-68(42-36-62)83(65-27-13-4-14-28-65)71-47-50-75-74-33-19-20-34-78(74)82(79(75)56-71)80-57-72(84(66-29-15-5-16-30-66)69-43-37-63(38-44-69)54-60-23-9-2-10-24-60)48-51-76(80)77-52-49-73(58-81(77)82)85(67-31-17-6-18-32-67)70-45-39-64(40-46-70)55-61-25-11-3-12-26-61/h4-6,13-20,27-58H,1-3,7-12,21-26H2. The quantitative estimate of drug-likeness (QED) is 0.121. The molecule has 0 aromatic heterocycles. The number of fused-ring (bicyclic) bond motifs is 10. The van der Waals surface area contributed by atoms with Gasteiger partial charge in [-0.25, -0.2) is 0 Å². The zero-order valence-corrected chi connectivity index (χ0v) is 48.8. The Morgan fingerprint density at radius 3 is 0.800 bits per heavy atom. The Hall–Kier alpha value is -9.18. The van der Waals surface area contributed by atoms with E-state index in [1.54, 1.807) is 16.7 Å². The topological polar surface area (TPSA) is 9.72 Å². The van der Waals surface area contributed by atoms with E-state index in [1.807, 2.05) is 0 Å². The Bertz CT molecular complexity index is 3770. The summed E-state index contributed by atoms with van der Waals surface area (Å²) in [5.41, 5.74) is 28.2. The molecule has 3 saturated carbocycles. The highest BCUT2D eigenvalue weighted by Crippen LogP contribution is 2.65. The van der Waals surface area contributed by atoms with Gasteiger partial charge in [0.05, 0.1) is 5.41 Å². The summed E-state index contributed by atoms with van der Waals surface area (Å²) in [6.07, 6.45) is 26.4. The first-order valence-corrected chi connectivity index (χ1v) is 31.6. The van der Waals surface area contributed by atoms with Crippen molar-refractivity contribution in [2.75, 3.05) is 14.7 Å². The molecule has 5 aliphatic carbocycles. The summed E-state index contributed by atoms with van der Waals surface area (Å²) in [7, 11) is 0. The predicted octanol–water partition coefficient (Wildman–Crippen LogP) is 23.5. The smallest absolute Gasteiger partial charge is 0.0727 e. The fourth-order valence-corrected chi connectivity index (χ4v) is 15.0. The molecule has 0 unspecified atom stereocenters. The molecule has 10 aromatic rings. The maximum atomic E-state index is 2.54. The largest absolute Gasteiger partial charge is 0.310 e. The Balaban J connectivity index is 0.934. The van der Waals surface area contributed by atoms with Crippen LogP contribution < -0.4 is 14.7 Å². The summed E-state index contributed by atoms with van der Waals surface area (Å²) in [5.74, 6) is 0. The molecule has 15 rings (SSSR count). The zero-order chi connectivity index (χ0) is 56.5. The normalized spacial score (nSPS) is 15.6. The highest BCUT2D eigenvalue weighted by molar-refractivity contribution is 5.99. The number of rotatable bonds is 12. The fourth-order valence-electron chi connectivity index (χ4n) is 15.0. The van der Waals surface area contributed by atoms with Gasteiger partial charge in [-0.1, -0.05) is 188 Å². The van der Waals surface area contributed by atoms with Gasteiger partial charge in [0.2, 0.25) is 0 Å². The van der Waals surface area contributed by atoms with E-state index < -0.39 is 5.41 Å². The van der Waals surface area contributed by atoms with Crippen LogP contribution in [0.15, 0.2) is 259 Å². The molecule has 3 fully saturated rings. The minimum atomic E-state index is -0.701. The summed E-state index contributed by atoms with van der Waals surface area (Å²) >= 11 is 0. The van der Waals surface area contributed by atoms with Gasteiger partial charge < -0.3 is 14.7 Å². The number of hydrogen-bond acceptors (Lipinski definition) is 3. The molecule has 0 heterocycles. The van der Waals surface area contributed by atoms with Crippen molar-refractivity contribution in [2.24, 2.45) is 0 Å². The minimum Gasteiger partial charge on any atom is -0.310 e. The lowest BCUT2D eigenvalue weighted by Gasteiger charge is -2.34. The van der Waals surface area contributed by atoms with Crippen LogP contribution in [0.2, 0.25) is 0 Å². The van der Waals surface area contributed by atoms with Crippen molar-refractivity contribution in [3.63, 3.8) is 0 Å². The van der Waals surface area contributed by atoms with Crippen LogP contribution >= 0.6 is 0 Å². The van der Waals surface area contributed by atoms with Crippen LogP contribution in [0.5, 0.6) is 0 Å². The van der Waals surface area contributed by atoms with E-state index >= 15 is 0 Å². The summed E-state index contributed by atoms with van der Waals surface area (Å²) in [5, 5.41) is 0. The Labute approximate surface area is 503 Å². The maximum absolute atomic E-state index is 2.54. The van der Waals surface area contributed by atoms with Crippen molar-refractivity contribution in [3.05, 3.63) is 298 Å². The number of hydrogen-bond donors (Lipinski definition) is 0. The SMILES string of the molecule is C(=C1CCCCC1)c1ccc(N(c2ccccc2)c2ccc3c(c2)C2(c4ccccc4-3)c3cc(N(c4ccccc4)c4ccc(C=C5CCCCC5)cc4)ccc3-c3ccc(N(c4ccccc4)c4ccc(C=C5CCCCC5)cc4)cc32)cc1. The summed E-state index contributed by atoms with van der Waals surface area (Å²) in [6.45, 7) is 0. The molecular weight excluding hydrogens is 1030 g/mol. The van der Waals surface area contributed by atoms with E-state index in [9.17, 15) is 0 Å². The van der Waals surface area contributed by atoms with Gasteiger partial charge in [0.15, 0.2) is 0 Å². The molecule has 0 radical (unpaired) electrons. The summed E-state index contributed by atoms with van der Waals surface area (Å²) in [4.78, 5) is 7.40. The van der Waals surface area contributed by atoms with E-state index in [2.05, 4.69) is 276 Å². The minimum absolute atomic E-state index is 0.701. The predicted molar refractivity (Wildman–Crippen MR) is 360 cm³/mol. The molecule has 5 aliphatic rings. The van der Waals surface area contributed by atoms with Gasteiger partial charge in [0.1, 0.15) is 0 Å². The molecule has 1 spiro atoms. The Kier molecular flexibility index (Phi) is 14.3. The lowest BCUT2D eigenvalue weighted by atomic mass is 9.70. The molecule has 0 atom stereocenters. The van der Waals surface area contributed by atoms with Gasteiger partial charge in [-0.15, -0.1) is 0 Å². The first kappa shape index (κ1) is 52.6. The summed E-state index contributed by atoms with van der Waals surface area (Å²) in [6, 6.07) is 92.1.